The highest BCUT2D eigenvalue weighted by Gasteiger charge is 2.15. The number of piperidine rings is 1. The molecule has 0 amide bonds. The van der Waals surface area contributed by atoms with Gasteiger partial charge in [0.15, 0.2) is 5.13 Å². The molecular formula is C25H25N5OS. The molecule has 1 N–H and O–H groups in total. The number of thiazole rings is 1. The smallest absolute Gasteiger partial charge is 0.188 e. The zero-order chi connectivity index (χ0) is 21.9. The van der Waals surface area contributed by atoms with Crippen molar-refractivity contribution in [3.05, 3.63) is 53.7 Å². The van der Waals surface area contributed by atoms with Gasteiger partial charge in [-0.05, 0) is 56.6 Å². The quantitative estimate of drug-likeness (QED) is 0.416. The molecule has 1 saturated heterocycles. The molecule has 162 valence electrons. The average molecular weight is 444 g/mol. The second kappa shape index (κ2) is 9.11. The van der Waals surface area contributed by atoms with Gasteiger partial charge in [0.25, 0.3) is 0 Å². The van der Waals surface area contributed by atoms with Gasteiger partial charge >= 0.3 is 0 Å². The number of pyridine rings is 1. The summed E-state index contributed by atoms with van der Waals surface area (Å²) >= 11 is 1.57. The first-order valence-corrected chi connectivity index (χ1v) is 11.8. The van der Waals surface area contributed by atoms with Crippen LogP contribution in [0, 0.1) is 18.3 Å². The Kier molecular flexibility index (Phi) is 5.89. The molecule has 4 aromatic rings. The fraction of sp³-hybridized carbons (Fsp3) is 0.320. The van der Waals surface area contributed by atoms with Crippen LogP contribution >= 0.6 is 11.3 Å². The number of likely N-dealkylation sites (tertiary alicyclic amines) is 1. The topological polar surface area (TPSA) is 74.1 Å². The first-order valence-electron chi connectivity index (χ1n) is 11.0. The Morgan fingerprint density at radius 1 is 1.16 bits per heavy atom. The van der Waals surface area contributed by atoms with Gasteiger partial charge in [-0.15, -0.1) is 0 Å². The van der Waals surface area contributed by atoms with Crippen molar-refractivity contribution < 1.29 is 4.74 Å². The predicted octanol–water partition coefficient (Wildman–Crippen LogP) is 5.63. The predicted molar refractivity (Wildman–Crippen MR) is 130 cm³/mol. The Hall–Kier alpha value is -3.21. The molecule has 0 bridgehead atoms. The van der Waals surface area contributed by atoms with Gasteiger partial charge < -0.3 is 10.1 Å². The number of fused-ring (bicyclic) bond motifs is 2. The van der Waals surface area contributed by atoms with Crippen molar-refractivity contribution in [2.75, 3.05) is 31.6 Å². The molecule has 0 radical (unpaired) electrons. The number of aryl methyl sites for hydroxylation is 1. The van der Waals surface area contributed by atoms with E-state index in [1.54, 1.807) is 17.5 Å². The van der Waals surface area contributed by atoms with Crippen LogP contribution in [-0.2, 0) is 0 Å². The van der Waals surface area contributed by atoms with Crippen LogP contribution in [-0.4, -0.2) is 41.1 Å². The summed E-state index contributed by atoms with van der Waals surface area (Å²) in [5, 5.41) is 14.7. The summed E-state index contributed by atoms with van der Waals surface area (Å²) in [6.07, 6.45) is 5.52. The number of nitriles is 1. The molecule has 1 fully saturated rings. The van der Waals surface area contributed by atoms with Crippen molar-refractivity contribution in [2.45, 2.75) is 26.2 Å². The van der Waals surface area contributed by atoms with Crippen LogP contribution in [0.2, 0.25) is 0 Å². The molecule has 2 aromatic carbocycles. The van der Waals surface area contributed by atoms with Gasteiger partial charge in [0.1, 0.15) is 18.4 Å². The van der Waals surface area contributed by atoms with Crippen LogP contribution in [0.3, 0.4) is 0 Å². The number of ether oxygens (including phenoxy) is 1. The third-order valence-corrected chi connectivity index (χ3v) is 6.88. The summed E-state index contributed by atoms with van der Waals surface area (Å²) in [7, 11) is 0. The molecule has 0 unspecified atom stereocenters. The van der Waals surface area contributed by atoms with Gasteiger partial charge in [-0.25, -0.2) is 4.98 Å². The fourth-order valence-corrected chi connectivity index (χ4v) is 5.07. The Morgan fingerprint density at radius 2 is 2.00 bits per heavy atom. The van der Waals surface area contributed by atoms with E-state index in [2.05, 4.69) is 32.3 Å². The van der Waals surface area contributed by atoms with Crippen molar-refractivity contribution in [2.24, 2.45) is 0 Å². The number of nitrogens with one attached hydrogen (secondary N) is 1. The molecule has 0 spiro atoms. The van der Waals surface area contributed by atoms with Gasteiger partial charge in [-0.2, -0.15) is 5.26 Å². The number of nitrogens with zero attached hydrogens (tertiary/aromatic N) is 4. The number of hydrogen-bond acceptors (Lipinski definition) is 7. The lowest BCUT2D eigenvalue weighted by molar-refractivity contribution is 0.183. The summed E-state index contributed by atoms with van der Waals surface area (Å²) in [6.45, 7) is 5.98. The number of anilines is 2. The first-order chi connectivity index (χ1) is 15.7. The molecule has 0 atom stereocenters. The highest BCUT2D eigenvalue weighted by molar-refractivity contribution is 7.22. The Morgan fingerprint density at radius 3 is 2.81 bits per heavy atom. The van der Waals surface area contributed by atoms with Crippen molar-refractivity contribution >= 4 is 43.3 Å². The van der Waals surface area contributed by atoms with E-state index >= 15 is 0 Å². The van der Waals surface area contributed by atoms with E-state index < -0.39 is 0 Å². The van der Waals surface area contributed by atoms with Crippen LogP contribution in [0.1, 0.15) is 30.4 Å². The van der Waals surface area contributed by atoms with E-state index in [1.807, 2.05) is 37.3 Å². The van der Waals surface area contributed by atoms with Crippen LogP contribution < -0.4 is 10.1 Å². The van der Waals surface area contributed by atoms with Gasteiger partial charge in [0.05, 0.1) is 27.0 Å². The van der Waals surface area contributed by atoms with Gasteiger partial charge in [0, 0.05) is 24.2 Å². The normalized spacial score (nSPS) is 14.5. The molecule has 5 rings (SSSR count). The second-order valence-electron chi connectivity index (χ2n) is 8.16. The average Bonchev–Trinajstić information content (AvgIpc) is 3.23. The Bertz CT molecular complexity index is 1270. The van der Waals surface area contributed by atoms with E-state index in [4.69, 9.17) is 4.74 Å². The first kappa shape index (κ1) is 20.7. The number of benzene rings is 2. The van der Waals surface area contributed by atoms with E-state index in [0.717, 1.165) is 49.8 Å². The van der Waals surface area contributed by atoms with Crippen molar-refractivity contribution in [1.29, 1.82) is 5.26 Å². The third-order valence-electron chi connectivity index (χ3n) is 5.92. The molecule has 0 aliphatic carbocycles. The molecule has 3 heterocycles. The van der Waals surface area contributed by atoms with E-state index in [-0.39, 0.29) is 0 Å². The number of para-hydroxylation sites is 1. The fourth-order valence-electron chi connectivity index (χ4n) is 4.20. The number of aromatic nitrogens is 2. The van der Waals surface area contributed by atoms with Crippen LogP contribution in [0.5, 0.6) is 5.75 Å². The van der Waals surface area contributed by atoms with E-state index in [1.165, 1.54) is 32.4 Å². The van der Waals surface area contributed by atoms with Crippen LogP contribution in [0.4, 0.5) is 10.8 Å². The van der Waals surface area contributed by atoms with E-state index in [9.17, 15) is 5.26 Å². The molecule has 6 nitrogen and oxygen atoms in total. The standard InChI is InChI=1S/C25H25N5OS/c1-17-13-19-21(14-22(17)31-12-11-30-9-5-2-6-10-30)27-16-18(15-26)24(19)29-25-28-20-7-3-4-8-23(20)32-25/h3-4,7-8,13-14,16H,2,5-6,9-12H2,1H3,(H,27,28,29). The molecule has 1 aliphatic heterocycles. The van der Waals surface area contributed by atoms with Crippen molar-refractivity contribution in [3.8, 4) is 11.8 Å². The summed E-state index contributed by atoms with van der Waals surface area (Å²) in [6, 6.07) is 14.3. The number of hydrogen-bond donors (Lipinski definition) is 1. The van der Waals surface area contributed by atoms with E-state index in [0.29, 0.717) is 12.2 Å². The lowest BCUT2D eigenvalue weighted by Crippen LogP contribution is -2.33. The highest BCUT2D eigenvalue weighted by atomic mass is 32.1. The summed E-state index contributed by atoms with van der Waals surface area (Å²) in [4.78, 5) is 11.7. The zero-order valence-electron chi connectivity index (χ0n) is 18.1. The van der Waals surface area contributed by atoms with Crippen molar-refractivity contribution in [1.82, 2.24) is 14.9 Å². The molecular weight excluding hydrogens is 418 g/mol. The minimum Gasteiger partial charge on any atom is -0.492 e. The summed E-state index contributed by atoms with van der Waals surface area (Å²) < 4.78 is 7.23. The maximum absolute atomic E-state index is 9.68. The SMILES string of the molecule is Cc1cc2c(Nc3nc4ccccc4s3)c(C#N)cnc2cc1OCCN1CCCCC1. The van der Waals surface area contributed by atoms with Crippen LogP contribution in [0.25, 0.3) is 21.1 Å². The maximum Gasteiger partial charge on any atom is 0.188 e. The minimum atomic E-state index is 0.495. The monoisotopic (exact) mass is 443 g/mol. The summed E-state index contributed by atoms with van der Waals surface area (Å²) in [5.41, 5.74) is 4.00. The van der Waals surface area contributed by atoms with Crippen molar-refractivity contribution in [3.63, 3.8) is 0 Å². The molecule has 1 aliphatic rings. The lowest BCUT2D eigenvalue weighted by atomic mass is 10.1. The molecule has 0 saturated carbocycles. The second-order valence-corrected chi connectivity index (χ2v) is 9.19. The summed E-state index contributed by atoms with van der Waals surface area (Å²) in [5.74, 6) is 0.845. The van der Waals surface area contributed by atoms with Gasteiger partial charge in [0.2, 0.25) is 0 Å². The zero-order valence-corrected chi connectivity index (χ0v) is 18.9. The largest absolute Gasteiger partial charge is 0.492 e. The highest BCUT2D eigenvalue weighted by Crippen LogP contribution is 2.35. The minimum absolute atomic E-state index is 0.495. The molecule has 32 heavy (non-hydrogen) atoms. The van der Waals surface area contributed by atoms with Gasteiger partial charge in [-0.1, -0.05) is 29.9 Å². The Labute approximate surface area is 191 Å². The Balaban J connectivity index is 1.42. The van der Waals surface area contributed by atoms with Gasteiger partial charge in [-0.3, -0.25) is 9.88 Å². The molecule has 7 heteroatoms. The maximum atomic E-state index is 9.68. The molecule has 2 aromatic heterocycles. The third kappa shape index (κ3) is 4.24. The van der Waals surface area contributed by atoms with Crippen LogP contribution in [0.15, 0.2) is 42.6 Å². The number of rotatable bonds is 6. The lowest BCUT2D eigenvalue weighted by Gasteiger charge is -2.26.